The Morgan fingerprint density at radius 3 is 2.36 bits per heavy atom. The van der Waals surface area contributed by atoms with E-state index in [2.05, 4.69) is 5.32 Å². The van der Waals surface area contributed by atoms with Crippen LogP contribution in [0.15, 0.2) is 36.4 Å². The molecular weight excluding hydrogens is 316 g/mol. The second-order valence-electron chi connectivity index (χ2n) is 4.27. The molecule has 5 nitrogen and oxygen atoms in total. The van der Waals surface area contributed by atoms with Crippen LogP contribution >= 0.6 is 11.6 Å². The molecule has 2 rings (SSSR count). The molecule has 0 aromatic heterocycles. The summed E-state index contributed by atoms with van der Waals surface area (Å²) in [6.45, 7) is 0. The Morgan fingerprint density at radius 1 is 1.00 bits per heavy atom. The topological polar surface area (TPSA) is 84.2 Å². The van der Waals surface area contributed by atoms with Crippen molar-refractivity contribution in [3.63, 3.8) is 0 Å². The van der Waals surface area contributed by atoms with Gasteiger partial charge in [-0.25, -0.2) is 8.78 Å². The van der Waals surface area contributed by atoms with Crippen molar-refractivity contribution in [2.45, 2.75) is 0 Å². The van der Waals surface area contributed by atoms with Gasteiger partial charge in [0, 0.05) is 11.8 Å². The van der Waals surface area contributed by atoms with Crippen molar-refractivity contribution in [3.05, 3.63) is 53.1 Å². The number of anilines is 3. The highest BCUT2D eigenvalue weighted by molar-refractivity contribution is 6.43. The van der Waals surface area contributed by atoms with Gasteiger partial charge in [-0.05, 0) is 30.3 Å². The van der Waals surface area contributed by atoms with E-state index in [4.69, 9.17) is 17.3 Å². The predicted molar refractivity (Wildman–Crippen MR) is 79.5 cm³/mol. The Balaban J connectivity index is 2.07. The minimum Gasteiger partial charge on any atom is -0.398 e. The van der Waals surface area contributed by atoms with E-state index in [0.717, 1.165) is 18.2 Å². The lowest BCUT2D eigenvalue weighted by atomic mass is 10.2. The Kier molecular flexibility index (Phi) is 4.57. The highest BCUT2D eigenvalue weighted by Gasteiger charge is 2.16. The summed E-state index contributed by atoms with van der Waals surface area (Å²) in [6, 6.07) is 6.73. The van der Waals surface area contributed by atoms with Crippen LogP contribution in [0.1, 0.15) is 0 Å². The van der Waals surface area contributed by atoms with Gasteiger partial charge in [0.1, 0.15) is 11.6 Å². The van der Waals surface area contributed by atoms with Gasteiger partial charge in [-0.3, -0.25) is 9.59 Å². The summed E-state index contributed by atoms with van der Waals surface area (Å²) < 4.78 is 26.4. The van der Waals surface area contributed by atoms with Gasteiger partial charge in [0.05, 0.1) is 16.4 Å². The van der Waals surface area contributed by atoms with Crippen LogP contribution in [0.4, 0.5) is 25.8 Å². The fourth-order valence-electron chi connectivity index (χ4n) is 1.57. The molecule has 0 aliphatic rings. The molecule has 4 N–H and O–H groups in total. The van der Waals surface area contributed by atoms with Gasteiger partial charge in [0.15, 0.2) is 0 Å². The van der Waals surface area contributed by atoms with E-state index < -0.39 is 29.1 Å². The Hall–Kier alpha value is -2.67. The first kappa shape index (κ1) is 15.7. The summed E-state index contributed by atoms with van der Waals surface area (Å²) in [4.78, 5) is 23.4. The van der Waals surface area contributed by atoms with Crippen LogP contribution in [0.5, 0.6) is 0 Å². The molecular formula is C14H10ClF2N3O2. The first-order chi connectivity index (χ1) is 10.4. The number of carbonyl (C=O) groups excluding carboxylic acids is 2. The van der Waals surface area contributed by atoms with E-state index in [1.807, 2.05) is 5.32 Å². The lowest BCUT2D eigenvalue weighted by Crippen LogP contribution is -2.29. The van der Waals surface area contributed by atoms with Crippen molar-refractivity contribution in [1.82, 2.24) is 0 Å². The number of nitrogens with two attached hydrogens (primary N) is 1. The highest BCUT2D eigenvalue weighted by Crippen LogP contribution is 2.22. The number of halogens is 3. The van der Waals surface area contributed by atoms with Crippen LogP contribution in [0.25, 0.3) is 0 Å². The van der Waals surface area contributed by atoms with E-state index in [1.54, 1.807) is 0 Å². The van der Waals surface area contributed by atoms with Gasteiger partial charge in [0.25, 0.3) is 0 Å². The maximum atomic E-state index is 13.4. The first-order valence-electron chi connectivity index (χ1n) is 5.99. The quantitative estimate of drug-likeness (QED) is 0.586. The second kappa shape index (κ2) is 6.40. The summed E-state index contributed by atoms with van der Waals surface area (Å²) in [6.07, 6.45) is 0. The number of hydrogen-bond acceptors (Lipinski definition) is 3. The van der Waals surface area contributed by atoms with Gasteiger partial charge in [-0.2, -0.15) is 0 Å². The van der Waals surface area contributed by atoms with Crippen LogP contribution in [-0.4, -0.2) is 11.8 Å². The molecule has 0 radical (unpaired) electrons. The van der Waals surface area contributed by atoms with Gasteiger partial charge >= 0.3 is 11.8 Å². The standard InChI is InChI=1S/C14H10ClF2N3O2/c15-9-6-8(2-4-11(9)18)19-13(21)14(22)20-12-5-7(16)1-3-10(12)17/h1-6H,18H2,(H,19,21)(H,20,22). The zero-order valence-corrected chi connectivity index (χ0v) is 11.7. The summed E-state index contributed by atoms with van der Waals surface area (Å²) in [7, 11) is 0. The van der Waals surface area contributed by atoms with Crippen molar-refractivity contribution in [1.29, 1.82) is 0 Å². The molecule has 0 atom stereocenters. The minimum atomic E-state index is -1.16. The molecule has 0 bridgehead atoms. The van der Waals surface area contributed by atoms with Crippen molar-refractivity contribution >= 4 is 40.5 Å². The number of amides is 2. The molecule has 0 saturated carbocycles. The molecule has 0 fully saturated rings. The third-order valence-corrected chi connectivity index (χ3v) is 2.97. The van der Waals surface area contributed by atoms with E-state index >= 15 is 0 Å². The van der Waals surface area contributed by atoms with Crippen LogP contribution in [0.2, 0.25) is 5.02 Å². The van der Waals surface area contributed by atoms with E-state index in [1.165, 1.54) is 18.2 Å². The monoisotopic (exact) mass is 325 g/mol. The molecule has 22 heavy (non-hydrogen) atoms. The molecule has 0 unspecified atom stereocenters. The number of carbonyl (C=O) groups is 2. The maximum Gasteiger partial charge on any atom is 0.314 e. The number of hydrogen-bond donors (Lipinski definition) is 3. The van der Waals surface area contributed by atoms with Gasteiger partial charge in [0.2, 0.25) is 0 Å². The molecule has 0 saturated heterocycles. The van der Waals surface area contributed by atoms with Crippen LogP contribution in [0, 0.1) is 11.6 Å². The first-order valence-corrected chi connectivity index (χ1v) is 6.37. The normalized spacial score (nSPS) is 10.1. The SMILES string of the molecule is Nc1ccc(NC(=O)C(=O)Nc2cc(F)ccc2F)cc1Cl. The van der Waals surface area contributed by atoms with E-state index in [9.17, 15) is 18.4 Å². The molecule has 8 heteroatoms. The number of nitrogens with one attached hydrogen (secondary N) is 2. The zero-order valence-electron chi connectivity index (χ0n) is 11.0. The van der Waals surface area contributed by atoms with Crippen LogP contribution in [0.3, 0.4) is 0 Å². The van der Waals surface area contributed by atoms with E-state index in [-0.39, 0.29) is 10.7 Å². The Bertz CT molecular complexity index is 753. The summed E-state index contributed by atoms with van der Waals surface area (Å²) in [5.41, 5.74) is 5.62. The fourth-order valence-corrected chi connectivity index (χ4v) is 1.75. The maximum absolute atomic E-state index is 13.4. The van der Waals surface area contributed by atoms with Gasteiger partial charge in [-0.15, -0.1) is 0 Å². The van der Waals surface area contributed by atoms with Gasteiger partial charge in [-0.1, -0.05) is 11.6 Å². The molecule has 0 aliphatic heterocycles. The van der Waals surface area contributed by atoms with Crippen molar-refractivity contribution in [3.8, 4) is 0 Å². The Morgan fingerprint density at radius 2 is 1.68 bits per heavy atom. The average molecular weight is 326 g/mol. The Labute approximate surface area is 129 Å². The summed E-state index contributed by atoms with van der Waals surface area (Å²) >= 11 is 5.78. The lowest BCUT2D eigenvalue weighted by Gasteiger charge is -2.08. The average Bonchev–Trinajstić information content (AvgIpc) is 2.46. The third-order valence-electron chi connectivity index (χ3n) is 2.64. The molecule has 2 aromatic rings. The summed E-state index contributed by atoms with van der Waals surface area (Å²) in [5.74, 6) is -3.83. The summed E-state index contributed by atoms with van der Waals surface area (Å²) in [5, 5.41) is 4.43. The zero-order chi connectivity index (χ0) is 16.3. The molecule has 2 aromatic carbocycles. The number of nitrogen functional groups attached to an aromatic ring is 1. The predicted octanol–water partition coefficient (Wildman–Crippen LogP) is 2.78. The van der Waals surface area contributed by atoms with Gasteiger partial charge < -0.3 is 16.4 Å². The van der Waals surface area contributed by atoms with Crippen LogP contribution in [-0.2, 0) is 9.59 Å². The lowest BCUT2D eigenvalue weighted by molar-refractivity contribution is -0.133. The van der Waals surface area contributed by atoms with E-state index in [0.29, 0.717) is 5.69 Å². The van der Waals surface area contributed by atoms with Crippen molar-refractivity contribution in [2.24, 2.45) is 0 Å². The number of rotatable bonds is 2. The van der Waals surface area contributed by atoms with Crippen LogP contribution < -0.4 is 16.4 Å². The van der Waals surface area contributed by atoms with Crippen molar-refractivity contribution < 1.29 is 18.4 Å². The molecule has 0 heterocycles. The molecule has 0 aliphatic carbocycles. The molecule has 0 spiro atoms. The smallest absolute Gasteiger partial charge is 0.314 e. The molecule has 2 amide bonds. The molecule has 114 valence electrons. The van der Waals surface area contributed by atoms with Crippen molar-refractivity contribution in [2.75, 3.05) is 16.4 Å². The third kappa shape index (κ3) is 3.70. The fraction of sp³-hybridized carbons (Fsp3) is 0. The second-order valence-corrected chi connectivity index (χ2v) is 4.68. The highest BCUT2D eigenvalue weighted by atomic mass is 35.5. The minimum absolute atomic E-state index is 0.203. The largest absolute Gasteiger partial charge is 0.398 e. The number of benzene rings is 2.